The molecule has 0 saturated heterocycles. The van der Waals surface area contributed by atoms with Gasteiger partial charge in [-0.3, -0.25) is 0 Å². The van der Waals surface area contributed by atoms with Crippen molar-refractivity contribution in [2.45, 2.75) is 58.5 Å². The number of ether oxygens (including phenoxy) is 1. The van der Waals surface area contributed by atoms with Crippen LogP contribution >= 0.6 is 23.2 Å². The normalized spacial score (nSPS) is 13.9. The largest absolute Gasteiger partial charge is 0.381 e. The van der Waals surface area contributed by atoms with E-state index in [1.54, 1.807) is 13.2 Å². The van der Waals surface area contributed by atoms with Gasteiger partial charge in [-0.05, 0) is 54.0 Å². The molecule has 0 heterocycles. The zero-order chi connectivity index (χ0) is 20.3. The Hall–Kier alpha value is -1.16. The van der Waals surface area contributed by atoms with E-state index in [9.17, 15) is 4.39 Å². The van der Waals surface area contributed by atoms with Crippen molar-refractivity contribution in [2.24, 2.45) is 0 Å². The molecule has 0 aliphatic rings. The molecule has 0 aliphatic carbocycles. The molecule has 0 fully saturated rings. The molecule has 2 rings (SSSR count). The highest BCUT2D eigenvalue weighted by molar-refractivity contribution is 6.36. The van der Waals surface area contributed by atoms with Gasteiger partial charge in [-0.2, -0.15) is 0 Å². The molecule has 2 aromatic carbocycles. The highest BCUT2D eigenvalue weighted by atomic mass is 35.5. The molecule has 0 aliphatic heterocycles. The van der Waals surface area contributed by atoms with Gasteiger partial charge in [0.2, 0.25) is 0 Å². The Labute approximate surface area is 170 Å². The molecular weight excluding hydrogens is 389 g/mol. The molecule has 2 aromatic rings. The van der Waals surface area contributed by atoms with Crippen LogP contribution in [-0.4, -0.2) is 13.2 Å². The van der Waals surface area contributed by atoms with E-state index in [-0.39, 0.29) is 23.5 Å². The van der Waals surface area contributed by atoms with E-state index < -0.39 is 11.6 Å². The Balaban J connectivity index is 2.38. The molecular formula is C22H26Cl2F2O. The Kier molecular flexibility index (Phi) is 7.67. The number of rotatable bonds is 7. The maximum absolute atomic E-state index is 15.0. The highest BCUT2D eigenvalue weighted by Crippen LogP contribution is 2.37. The van der Waals surface area contributed by atoms with Gasteiger partial charge in [0.1, 0.15) is 11.6 Å². The molecule has 5 heteroatoms. The van der Waals surface area contributed by atoms with Crippen molar-refractivity contribution in [1.29, 1.82) is 0 Å². The van der Waals surface area contributed by atoms with Crippen LogP contribution in [-0.2, 0) is 17.6 Å². The Bertz CT molecular complexity index is 805. The van der Waals surface area contributed by atoms with Crippen LogP contribution < -0.4 is 0 Å². The molecule has 27 heavy (non-hydrogen) atoms. The van der Waals surface area contributed by atoms with E-state index in [4.69, 9.17) is 27.9 Å². The lowest BCUT2D eigenvalue weighted by Crippen LogP contribution is -2.13. The van der Waals surface area contributed by atoms with E-state index in [2.05, 4.69) is 0 Å². The summed E-state index contributed by atoms with van der Waals surface area (Å²) in [4.78, 5) is 0. The third kappa shape index (κ3) is 5.01. The maximum atomic E-state index is 15.0. The van der Waals surface area contributed by atoms with E-state index in [0.717, 1.165) is 11.1 Å². The van der Waals surface area contributed by atoms with Crippen molar-refractivity contribution >= 4 is 23.2 Å². The van der Waals surface area contributed by atoms with Gasteiger partial charge in [-0.1, -0.05) is 56.1 Å². The summed E-state index contributed by atoms with van der Waals surface area (Å²) in [5.74, 6) is -1.25. The molecule has 0 N–H and O–H groups in total. The van der Waals surface area contributed by atoms with Gasteiger partial charge in [0.05, 0.1) is 6.10 Å². The number of halogens is 4. The van der Waals surface area contributed by atoms with Crippen molar-refractivity contribution in [2.75, 3.05) is 7.11 Å². The molecule has 1 nitrogen and oxygen atoms in total. The fourth-order valence-corrected chi connectivity index (χ4v) is 4.23. The number of hydrogen-bond acceptors (Lipinski definition) is 1. The predicted molar refractivity (Wildman–Crippen MR) is 109 cm³/mol. The molecule has 148 valence electrons. The molecule has 0 spiro atoms. The van der Waals surface area contributed by atoms with Gasteiger partial charge in [-0.25, -0.2) is 8.78 Å². The lowest BCUT2D eigenvalue weighted by Gasteiger charge is -2.20. The summed E-state index contributed by atoms with van der Waals surface area (Å²) in [5, 5.41) is 1.19. The summed E-state index contributed by atoms with van der Waals surface area (Å²) in [6.45, 7) is 7.69. The zero-order valence-corrected chi connectivity index (χ0v) is 17.9. The quantitative estimate of drug-likeness (QED) is 0.460. The third-order valence-electron chi connectivity index (χ3n) is 4.92. The second kappa shape index (κ2) is 9.36. The summed E-state index contributed by atoms with van der Waals surface area (Å²) in [6.07, 6.45) is 0.668. The van der Waals surface area contributed by atoms with Crippen LogP contribution in [0.3, 0.4) is 0 Å². The monoisotopic (exact) mass is 414 g/mol. The Morgan fingerprint density at radius 3 is 2.11 bits per heavy atom. The van der Waals surface area contributed by atoms with E-state index in [1.807, 2.05) is 33.8 Å². The molecule has 2 unspecified atom stereocenters. The first-order chi connectivity index (χ1) is 12.7. The molecule has 0 aromatic heterocycles. The third-order valence-corrected chi connectivity index (χ3v) is 5.70. The fourth-order valence-electron chi connectivity index (χ4n) is 3.35. The van der Waals surface area contributed by atoms with Gasteiger partial charge < -0.3 is 4.74 Å². The first kappa shape index (κ1) is 22.1. The van der Waals surface area contributed by atoms with Crippen LogP contribution in [0, 0.1) is 11.6 Å². The summed E-state index contributed by atoms with van der Waals surface area (Å²) in [7, 11) is 1.57. The van der Waals surface area contributed by atoms with Gasteiger partial charge in [-0.15, -0.1) is 0 Å². The van der Waals surface area contributed by atoms with Crippen molar-refractivity contribution in [3.05, 3.63) is 68.2 Å². The van der Waals surface area contributed by atoms with E-state index >= 15 is 4.39 Å². The molecule has 0 bridgehead atoms. The average Bonchev–Trinajstić information content (AvgIpc) is 2.59. The van der Waals surface area contributed by atoms with Gasteiger partial charge in [0, 0.05) is 29.1 Å². The van der Waals surface area contributed by atoms with Crippen molar-refractivity contribution in [3.8, 4) is 0 Å². The lowest BCUT2D eigenvalue weighted by molar-refractivity contribution is 0.118. The summed E-state index contributed by atoms with van der Waals surface area (Å²) < 4.78 is 34.7. The first-order valence-electron chi connectivity index (χ1n) is 9.13. The minimum atomic E-state index is -0.539. The van der Waals surface area contributed by atoms with Crippen LogP contribution in [0.4, 0.5) is 8.78 Å². The SMILES string of the molecule is COC(C)Cc1ccc(F)c(C(C)Cc2ccc(Cl)c(C(C)C)c2Cl)c1F. The zero-order valence-electron chi connectivity index (χ0n) is 16.4. The first-order valence-corrected chi connectivity index (χ1v) is 9.89. The number of methoxy groups -OCH3 is 1. The molecule has 0 saturated carbocycles. The average molecular weight is 415 g/mol. The van der Waals surface area contributed by atoms with E-state index in [0.29, 0.717) is 28.5 Å². The van der Waals surface area contributed by atoms with Crippen LogP contribution in [0.1, 0.15) is 61.8 Å². The number of benzene rings is 2. The minimum absolute atomic E-state index is 0.0907. The smallest absolute Gasteiger partial charge is 0.132 e. The van der Waals surface area contributed by atoms with Crippen molar-refractivity contribution in [1.82, 2.24) is 0 Å². The number of hydrogen-bond donors (Lipinski definition) is 0. The predicted octanol–water partition coefficient (Wildman–Crippen LogP) is 7.32. The summed E-state index contributed by atoms with van der Waals surface area (Å²) >= 11 is 12.8. The van der Waals surface area contributed by atoms with Crippen LogP contribution in [0.25, 0.3) is 0 Å². The topological polar surface area (TPSA) is 9.23 Å². The second-order valence-corrected chi connectivity index (χ2v) is 8.16. The summed E-state index contributed by atoms with van der Waals surface area (Å²) in [6, 6.07) is 6.45. The molecule has 0 radical (unpaired) electrons. The minimum Gasteiger partial charge on any atom is -0.381 e. The molecule has 2 atom stereocenters. The Morgan fingerprint density at radius 2 is 1.52 bits per heavy atom. The van der Waals surface area contributed by atoms with Gasteiger partial charge >= 0.3 is 0 Å². The highest BCUT2D eigenvalue weighted by Gasteiger charge is 2.22. The Morgan fingerprint density at radius 1 is 0.889 bits per heavy atom. The fraction of sp³-hybridized carbons (Fsp3) is 0.455. The van der Waals surface area contributed by atoms with Crippen LogP contribution in [0.15, 0.2) is 24.3 Å². The van der Waals surface area contributed by atoms with Gasteiger partial charge in [0.25, 0.3) is 0 Å². The standard InChI is InChI=1S/C22H26Cl2F2O/c1-12(2)19-17(23)8-6-15(21(19)24)10-13(3)20-18(25)9-7-16(22(20)26)11-14(4)27-5/h6-9,12-14H,10-11H2,1-5H3. The molecule has 0 amide bonds. The van der Waals surface area contributed by atoms with E-state index in [1.165, 1.54) is 12.1 Å². The van der Waals surface area contributed by atoms with Crippen LogP contribution in [0.5, 0.6) is 0 Å². The second-order valence-electron chi connectivity index (χ2n) is 7.38. The lowest BCUT2D eigenvalue weighted by atomic mass is 9.89. The van der Waals surface area contributed by atoms with Crippen molar-refractivity contribution in [3.63, 3.8) is 0 Å². The maximum Gasteiger partial charge on any atom is 0.132 e. The van der Waals surface area contributed by atoms with Crippen LogP contribution in [0.2, 0.25) is 10.0 Å². The van der Waals surface area contributed by atoms with Gasteiger partial charge in [0.15, 0.2) is 0 Å². The summed E-state index contributed by atoms with van der Waals surface area (Å²) in [5.41, 5.74) is 2.25. The van der Waals surface area contributed by atoms with Crippen molar-refractivity contribution < 1.29 is 13.5 Å².